The van der Waals surface area contributed by atoms with Crippen LogP contribution in [0.5, 0.6) is 5.75 Å². The second-order valence-electron chi connectivity index (χ2n) is 10.9. The molecule has 5 aromatic carbocycles. The van der Waals surface area contributed by atoms with Crippen LogP contribution in [0.1, 0.15) is 16.7 Å². The molecule has 43 heavy (non-hydrogen) atoms. The molecule has 7 rings (SSSR count). The number of hydrogen-bond acceptors (Lipinski definition) is 6. The van der Waals surface area contributed by atoms with Gasteiger partial charge < -0.3 is 23.7 Å². The summed E-state index contributed by atoms with van der Waals surface area (Å²) in [6, 6.07) is 43.3. The van der Waals surface area contributed by atoms with Gasteiger partial charge in [0.15, 0.2) is 0 Å². The summed E-state index contributed by atoms with van der Waals surface area (Å²) < 4.78 is 33.1. The van der Waals surface area contributed by atoms with Crippen LogP contribution in [0.3, 0.4) is 0 Å². The van der Waals surface area contributed by atoms with E-state index in [-0.39, 0.29) is 17.5 Å². The van der Waals surface area contributed by atoms with E-state index in [4.69, 9.17) is 23.7 Å². The lowest BCUT2D eigenvalue weighted by atomic mass is 10.00. The van der Waals surface area contributed by atoms with Crippen molar-refractivity contribution < 1.29 is 23.7 Å². The van der Waals surface area contributed by atoms with E-state index in [0.29, 0.717) is 26.4 Å². The molecule has 0 saturated carbocycles. The summed E-state index contributed by atoms with van der Waals surface area (Å²) in [6.07, 6.45) is -1.60. The average Bonchev–Trinajstić information content (AvgIpc) is 3.07. The molecule has 5 atom stereocenters. The lowest BCUT2D eigenvalue weighted by molar-refractivity contribution is -0.255. The Morgan fingerprint density at radius 3 is 1.84 bits per heavy atom. The summed E-state index contributed by atoms with van der Waals surface area (Å²) in [5, 5.41) is 2.20. The van der Waals surface area contributed by atoms with Gasteiger partial charge in [0.05, 0.1) is 31.3 Å². The Bertz CT molecular complexity index is 1610. The largest absolute Gasteiger partial charge is 0.462 e. The lowest BCUT2D eigenvalue weighted by Crippen LogP contribution is -2.61. The third-order valence-corrected chi connectivity index (χ3v) is 9.32. The second-order valence-corrected chi connectivity index (χ2v) is 12.1. The van der Waals surface area contributed by atoms with E-state index in [1.54, 1.807) is 11.8 Å². The maximum atomic E-state index is 6.80. The van der Waals surface area contributed by atoms with E-state index in [0.717, 1.165) is 27.3 Å². The summed E-state index contributed by atoms with van der Waals surface area (Å²) >= 11 is 1.77. The maximum Gasteiger partial charge on any atom is 0.215 e. The third kappa shape index (κ3) is 6.49. The van der Waals surface area contributed by atoms with Crippen molar-refractivity contribution in [3.05, 3.63) is 144 Å². The highest BCUT2D eigenvalue weighted by Crippen LogP contribution is 2.48. The molecule has 218 valence electrons. The number of hydrogen-bond donors (Lipinski definition) is 0. The summed E-state index contributed by atoms with van der Waals surface area (Å²) in [7, 11) is 0. The van der Waals surface area contributed by atoms with E-state index in [9.17, 15) is 0 Å². The molecular formula is C37H34O5S. The molecule has 6 heteroatoms. The molecule has 0 bridgehead atoms. The SMILES string of the molecule is c1ccc(COC[C@H]2O[C@H]3Oc4ccc5ccccc5c4S[C@H]3[C@@H](OCc3ccccc3)[C@H]2OCc2ccccc2)cc1. The van der Waals surface area contributed by atoms with E-state index >= 15 is 0 Å². The van der Waals surface area contributed by atoms with Crippen LogP contribution in [-0.2, 0) is 38.8 Å². The molecule has 5 aromatic rings. The van der Waals surface area contributed by atoms with Crippen LogP contribution in [0, 0.1) is 0 Å². The molecule has 2 heterocycles. The zero-order valence-corrected chi connectivity index (χ0v) is 24.6. The van der Waals surface area contributed by atoms with Gasteiger partial charge >= 0.3 is 0 Å². The topological polar surface area (TPSA) is 46.2 Å². The highest BCUT2D eigenvalue weighted by molar-refractivity contribution is 8.00. The quantitative estimate of drug-likeness (QED) is 0.165. The van der Waals surface area contributed by atoms with Crippen LogP contribution < -0.4 is 4.74 Å². The fourth-order valence-electron chi connectivity index (χ4n) is 5.72. The first-order valence-corrected chi connectivity index (χ1v) is 15.6. The Labute approximate surface area is 256 Å². The molecule has 0 N–H and O–H groups in total. The van der Waals surface area contributed by atoms with Crippen LogP contribution in [0.4, 0.5) is 0 Å². The molecule has 5 nitrogen and oxygen atoms in total. The van der Waals surface area contributed by atoms with Gasteiger partial charge in [-0.3, -0.25) is 0 Å². The lowest BCUT2D eigenvalue weighted by Gasteiger charge is -2.47. The van der Waals surface area contributed by atoms with Crippen LogP contribution in [0.15, 0.2) is 132 Å². The van der Waals surface area contributed by atoms with Gasteiger partial charge in [-0.05, 0) is 33.5 Å². The molecule has 1 fully saturated rings. The Hall–Kier alpha value is -3.65. The van der Waals surface area contributed by atoms with Crippen molar-refractivity contribution in [2.24, 2.45) is 0 Å². The summed E-state index contributed by atoms with van der Waals surface area (Å²) in [6.45, 7) is 1.74. The third-order valence-electron chi connectivity index (χ3n) is 7.90. The molecule has 2 aliphatic heterocycles. The summed E-state index contributed by atoms with van der Waals surface area (Å²) in [4.78, 5) is 1.11. The van der Waals surface area contributed by atoms with Gasteiger partial charge in [-0.25, -0.2) is 0 Å². The average molecular weight is 591 g/mol. The summed E-state index contributed by atoms with van der Waals surface area (Å²) in [5.74, 6) is 0.833. The number of fused-ring (bicyclic) bond motifs is 4. The van der Waals surface area contributed by atoms with Gasteiger partial charge in [-0.15, -0.1) is 11.8 Å². The van der Waals surface area contributed by atoms with Gasteiger partial charge in [-0.1, -0.05) is 121 Å². The standard InChI is InChI=1S/C37H34O5S/c1-4-12-26(13-5-1)22-38-25-32-33(39-23-27-14-6-2-7-15-27)34(40-24-28-16-8-3-9-17-28)36-37(42-32)41-31-21-20-29-18-10-11-19-30(29)35(31)43-36/h1-21,32-34,36-37H,22-25H2/t32-,33+,34+,36+,37-/m1/s1. The fourth-order valence-corrected chi connectivity index (χ4v) is 7.14. The molecule has 0 aliphatic carbocycles. The zero-order chi connectivity index (χ0) is 28.8. The van der Waals surface area contributed by atoms with Crippen LogP contribution in [0.25, 0.3) is 10.8 Å². The number of thioether (sulfide) groups is 1. The Kier molecular flexibility index (Phi) is 8.72. The first-order valence-electron chi connectivity index (χ1n) is 14.7. The molecule has 2 aliphatic rings. The van der Waals surface area contributed by atoms with Crippen molar-refractivity contribution in [2.75, 3.05) is 6.61 Å². The molecule has 0 spiro atoms. The monoisotopic (exact) mass is 590 g/mol. The highest BCUT2D eigenvalue weighted by Gasteiger charge is 2.51. The van der Waals surface area contributed by atoms with Gasteiger partial charge in [0, 0.05) is 0 Å². The summed E-state index contributed by atoms with van der Waals surface area (Å²) in [5.41, 5.74) is 3.32. The van der Waals surface area contributed by atoms with Crippen LogP contribution in [0.2, 0.25) is 0 Å². The number of benzene rings is 5. The van der Waals surface area contributed by atoms with Crippen molar-refractivity contribution in [3.8, 4) is 5.75 Å². The van der Waals surface area contributed by atoms with Crippen molar-refractivity contribution in [2.45, 2.75) is 54.6 Å². The predicted octanol–water partition coefficient (Wildman–Crippen LogP) is 7.81. The van der Waals surface area contributed by atoms with Crippen LogP contribution in [-0.4, -0.2) is 36.5 Å². The van der Waals surface area contributed by atoms with E-state index in [1.807, 2.05) is 60.7 Å². The number of rotatable bonds is 10. The van der Waals surface area contributed by atoms with Gasteiger partial charge in [0.2, 0.25) is 6.29 Å². The molecule has 0 amide bonds. The van der Waals surface area contributed by atoms with Crippen LogP contribution >= 0.6 is 11.8 Å². The van der Waals surface area contributed by atoms with Gasteiger partial charge in [0.1, 0.15) is 29.3 Å². The Balaban J connectivity index is 1.20. The minimum Gasteiger partial charge on any atom is -0.462 e. The van der Waals surface area contributed by atoms with Crippen molar-refractivity contribution in [1.82, 2.24) is 0 Å². The van der Waals surface area contributed by atoms with Gasteiger partial charge in [-0.2, -0.15) is 0 Å². The minimum absolute atomic E-state index is 0.145. The first-order chi connectivity index (χ1) is 21.3. The van der Waals surface area contributed by atoms with E-state index in [2.05, 4.69) is 66.7 Å². The van der Waals surface area contributed by atoms with E-state index < -0.39 is 12.4 Å². The second kappa shape index (κ2) is 13.3. The maximum absolute atomic E-state index is 6.80. The first kappa shape index (κ1) is 28.1. The smallest absolute Gasteiger partial charge is 0.215 e. The Morgan fingerprint density at radius 2 is 1.16 bits per heavy atom. The van der Waals surface area contributed by atoms with Gasteiger partial charge in [0.25, 0.3) is 0 Å². The minimum atomic E-state index is -0.513. The zero-order valence-electron chi connectivity index (χ0n) is 23.8. The van der Waals surface area contributed by atoms with Crippen molar-refractivity contribution in [3.63, 3.8) is 0 Å². The molecule has 0 unspecified atom stereocenters. The van der Waals surface area contributed by atoms with Crippen molar-refractivity contribution >= 4 is 22.5 Å². The predicted molar refractivity (Wildman–Crippen MR) is 169 cm³/mol. The molecule has 0 radical (unpaired) electrons. The molecule has 1 saturated heterocycles. The molecule has 0 aromatic heterocycles. The number of ether oxygens (including phenoxy) is 5. The highest BCUT2D eigenvalue weighted by atomic mass is 32.2. The fraction of sp³-hybridized carbons (Fsp3) is 0.243. The Morgan fingerprint density at radius 1 is 0.581 bits per heavy atom. The van der Waals surface area contributed by atoms with Crippen molar-refractivity contribution in [1.29, 1.82) is 0 Å². The normalized spacial score (nSPS) is 22.8. The molecular weight excluding hydrogens is 556 g/mol. The van der Waals surface area contributed by atoms with E-state index in [1.165, 1.54) is 10.8 Å².